The number of sulfonamides is 1. The zero-order chi connectivity index (χ0) is 15.3. The third kappa shape index (κ3) is 3.56. The van der Waals surface area contributed by atoms with Crippen molar-refractivity contribution in [2.45, 2.75) is 11.4 Å². The molecule has 0 bridgehead atoms. The highest BCUT2D eigenvalue weighted by Crippen LogP contribution is 2.26. The van der Waals surface area contributed by atoms with Gasteiger partial charge in [0.05, 0.1) is 16.5 Å². The van der Waals surface area contributed by atoms with Crippen LogP contribution in [0.25, 0.3) is 0 Å². The average molecular weight is 323 g/mol. The van der Waals surface area contributed by atoms with Crippen molar-refractivity contribution in [1.29, 1.82) is 0 Å². The lowest BCUT2D eigenvalue weighted by Gasteiger charge is -2.20. The van der Waals surface area contributed by atoms with Gasteiger partial charge in [0.25, 0.3) is 0 Å². The number of nitrogens with two attached hydrogens (primary N) is 1. The number of hydrogen-bond donors (Lipinski definition) is 2. The molecule has 0 fully saturated rings. The predicted molar refractivity (Wildman–Crippen MR) is 75.3 cm³/mol. The molecule has 8 heteroatoms. The number of hydrogen-bond acceptors (Lipinski definition) is 4. The lowest BCUT2D eigenvalue weighted by Crippen LogP contribution is -2.34. The van der Waals surface area contributed by atoms with Gasteiger partial charge < -0.3 is 10.8 Å². The van der Waals surface area contributed by atoms with Crippen LogP contribution in [0.15, 0.2) is 29.7 Å². The highest BCUT2D eigenvalue weighted by molar-refractivity contribution is 7.89. The summed E-state index contributed by atoms with van der Waals surface area (Å²) in [6.45, 7) is 2.91. The molecular formula is C12H16ClFN2O3S. The fraction of sp³-hybridized carbons (Fsp3) is 0.333. The van der Waals surface area contributed by atoms with E-state index in [0.717, 1.165) is 10.4 Å². The Kier molecular flexibility index (Phi) is 6.09. The third-order valence-corrected chi connectivity index (χ3v) is 4.88. The Hall–Kier alpha value is -0.990. The van der Waals surface area contributed by atoms with Crippen LogP contribution >= 0.6 is 11.6 Å². The molecule has 0 atom stereocenters. The molecule has 0 aliphatic carbocycles. The van der Waals surface area contributed by atoms with Crippen molar-refractivity contribution in [1.82, 2.24) is 4.31 Å². The summed E-state index contributed by atoms with van der Waals surface area (Å²) < 4.78 is 39.4. The standard InChI is InChI=1S/C12H16ClFN2O3S/c1-2-3-16(4-5-17)20(18,19)10-6-9(8-15)12(13)11(14)7-10/h2,6-7,17H,1,3-5,8,15H2. The van der Waals surface area contributed by atoms with Gasteiger partial charge in [-0.2, -0.15) is 4.31 Å². The van der Waals surface area contributed by atoms with Crippen LogP contribution < -0.4 is 5.73 Å². The average Bonchev–Trinajstić information content (AvgIpc) is 2.41. The molecule has 0 saturated heterocycles. The molecule has 1 aromatic carbocycles. The van der Waals surface area contributed by atoms with Crippen LogP contribution in [0.3, 0.4) is 0 Å². The van der Waals surface area contributed by atoms with Gasteiger partial charge in [0, 0.05) is 19.6 Å². The van der Waals surface area contributed by atoms with Gasteiger partial charge in [0.2, 0.25) is 10.0 Å². The zero-order valence-corrected chi connectivity index (χ0v) is 12.3. The maximum atomic E-state index is 13.7. The quantitative estimate of drug-likeness (QED) is 0.737. The predicted octanol–water partition coefficient (Wildman–Crippen LogP) is 1.11. The first-order chi connectivity index (χ1) is 9.38. The molecule has 3 N–H and O–H groups in total. The van der Waals surface area contributed by atoms with Gasteiger partial charge >= 0.3 is 0 Å². The molecule has 0 radical (unpaired) electrons. The first-order valence-corrected chi connectivity index (χ1v) is 7.60. The minimum atomic E-state index is -3.95. The normalized spacial score (nSPS) is 11.8. The first-order valence-electron chi connectivity index (χ1n) is 5.78. The fourth-order valence-corrected chi connectivity index (χ4v) is 3.28. The lowest BCUT2D eigenvalue weighted by molar-refractivity contribution is 0.260. The SMILES string of the molecule is C=CCN(CCO)S(=O)(=O)c1cc(F)c(Cl)c(CN)c1. The minimum Gasteiger partial charge on any atom is -0.395 e. The topological polar surface area (TPSA) is 83.6 Å². The zero-order valence-electron chi connectivity index (χ0n) is 10.7. The van der Waals surface area contributed by atoms with Crippen LogP contribution in [0.2, 0.25) is 5.02 Å². The summed E-state index contributed by atoms with van der Waals surface area (Å²) in [7, 11) is -3.95. The monoisotopic (exact) mass is 322 g/mol. The van der Waals surface area contributed by atoms with Crippen LogP contribution in [-0.2, 0) is 16.6 Å². The number of rotatable bonds is 7. The Morgan fingerprint density at radius 1 is 1.50 bits per heavy atom. The maximum Gasteiger partial charge on any atom is 0.243 e. The van der Waals surface area contributed by atoms with Gasteiger partial charge in [-0.1, -0.05) is 17.7 Å². The number of benzene rings is 1. The van der Waals surface area contributed by atoms with E-state index in [4.69, 9.17) is 22.4 Å². The Labute approximate surface area is 122 Å². The van der Waals surface area contributed by atoms with E-state index in [1.54, 1.807) is 0 Å². The van der Waals surface area contributed by atoms with E-state index in [2.05, 4.69) is 6.58 Å². The van der Waals surface area contributed by atoms with Crippen molar-refractivity contribution >= 4 is 21.6 Å². The second-order valence-electron chi connectivity index (χ2n) is 3.96. The molecule has 112 valence electrons. The first kappa shape index (κ1) is 17.1. The van der Waals surface area contributed by atoms with E-state index in [0.29, 0.717) is 0 Å². The molecule has 0 unspecified atom stereocenters. The van der Waals surface area contributed by atoms with Crippen LogP contribution in [0.4, 0.5) is 4.39 Å². The largest absolute Gasteiger partial charge is 0.395 e. The number of aliphatic hydroxyl groups excluding tert-OH is 1. The molecule has 0 saturated carbocycles. The Balaban J connectivity index is 3.33. The van der Waals surface area contributed by atoms with E-state index in [1.165, 1.54) is 12.1 Å². The third-order valence-electron chi connectivity index (χ3n) is 2.62. The summed E-state index contributed by atoms with van der Waals surface area (Å²) in [6, 6.07) is 2.07. The molecule has 0 heterocycles. The molecule has 0 spiro atoms. The van der Waals surface area contributed by atoms with Crippen LogP contribution in [0.1, 0.15) is 5.56 Å². The van der Waals surface area contributed by atoms with Crippen molar-refractivity contribution in [3.05, 3.63) is 41.2 Å². The van der Waals surface area contributed by atoms with Crippen LogP contribution in [0, 0.1) is 5.82 Å². The number of halogens is 2. The van der Waals surface area contributed by atoms with Crippen LogP contribution in [0.5, 0.6) is 0 Å². The summed E-state index contributed by atoms with van der Waals surface area (Å²) in [5.41, 5.74) is 5.61. The molecule has 0 aliphatic rings. The molecule has 5 nitrogen and oxygen atoms in total. The summed E-state index contributed by atoms with van der Waals surface area (Å²) >= 11 is 5.70. The van der Waals surface area contributed by atoms with E-state index >= 15 is 0 Å². The molecule has 0 aliphatic heterocycles. The summed E-state index contributed by atoms with van der Waals surface area (Å²) in [4.78, 5) is -0.254. The Bertz CT molecular complexity index is 593. The summed E-state index contributed by atoms with van der Waals surface area (Å²) in [5, 5.41) is 8.73. The van der Waals surface area contributed by atoms with E-state index in [9.17, 15) is 12.8 Å². The van der Waals surface area contributed by atoms with E-state index < -0.39 is 15.8 Å². The molecule has 0 amide bonds. The van der Waals surface area contributed by atoms with Crippen molar-refractivity contribution in [2.75, 3.05) is 19.7 Å². The second kappa shape index (κ2) is 7.14. The fourth-order valence-electron chi connectivity index (χ4n) is 1.63. The highest BCUT2D eigenvalue weighted by atomic mass is 35.5. The molecule has 1 rings (SSSR count). The molecule has 0 aromatic heterocycles. The van der Waals surface area contributed by atoms with Gasteiger partial charge in [-0.3, -0.25) is 0 Å². The van der Waals surface area contributed by atoms with Gasteiger partial charge in [-0.05, 0) is 17.7 Å². The van der Waals surface area contributed by atoms with Crippen molar-refractivity contribution in [3.63, 3.8) is 0 Å². The Morgan fingerprint density at radius 2 is 2.15 bits per heavy atom. The van der Waals surface area contributed by atoms with Crippen molar-refractivity contribution < 1.29 is 17.9 Å². The smallest absolute Gasteiger partial charge is 0.243 e. The Morgan fingerprint density at radius 3 is 2.65 bits per heavy atom. The maximum absolute atomic E-state index is 13.7. The second-order valence-corrected chi connectivity index (χ2v) is 6.27. The highest BCUT2D eigenvalue weighted by Gasteiger charge is 2.25. The van der Waals surface area contributed by atoms with E-state index in [-0.39, 0.29) is 41.7 Å². The van der Waals surface area contributed by atoms with Crippen molar-refractivity contribution in [3.8, 4) is 0 Å². The molecular weight excluding hydrogens is 307 g/mol. The van der Waals surface area contributed by atoms with Gasteiger partial charge in [0.15, 0.2) is 0 Å². The van der Waals surface area contributed by atoms with Gasteiger partial charge in [0.1, 0.15) is 5.82 Å². The van der Waals surface area contributed by atoms with Crippen LogP contribution in [-0.4, -0.2) is 37.5 Å². The summed E-state index contributed by atoms with van der Waals surface area (Å²) in [5.74, 6) is -0.851. The lowest BCUT2D eigenvalue weighted by atomic mass is 10.2. The number of nitrogens with zero attached hydrogens (tertiary/aromatic N) is 1. The molecule has 20 heavy (non-hydrogen) atoms. The van der Waals surface area contributed by atoms with Gasteiger partial charge in [-0.25, -0.2) is 12.8 Å². The van der Waals surface area contributed by atoms with Crippen molar-refractivity contribution in [2.24, 2.45) is 5.73 Å². The summed E-state index contributed by atoms with van der Waals surface area (Å²) in [6.07, 6.45) is 1.38. The van der Waals surface area contributed by atoms with E-state index in [1.807, 2.05) is 0 Å². The number of aliphatic hydroxyl groups is 1. The van der Waals surface area contributed by atoms with Gasteiger partial charge in [-0.15, -0.1) is 6.58 Å². The molecule has 1 aromatic rings. The minimum absolute atomic E-state index is 0.00506.